The highest BCUT2D eigenvalue weighted by atomic mass is 35.5. The SMILES string of the molecule is O=C(NC1CCCCC1NC(=O)c1nc2c(s1)CN(CCO)CC2)c1cc2cc(Cl)ccc2[nH]1. The number of aliphatic hydroxyl groups excluding tert-OH is 1. The molecule has 3 aromatic rings. The second-order valence-corrected chi connectivity index (χ2v) is 10.5. The Balaban J connectivity index is 1.25. The molecule has 8 nitrogen and oxygen atoms in total. The number of hydrogen-bond acceptors (Lipinski definition) is 6. The first-order chi connectivity index (χ1) is 16.5. The van der Waals surface area contributed by atoms with E-state index in [1.807, 2.05) is 12.1 Å². The summed E-state index contributed by atoms with van der Waals surface area (Å²) in [6.45, 7) is 2.32. The van der Waals surface area contributed by atoms with Crippen LogP contribution in [0.5, 0.6) is 0 Å². The number of thiazole rings is 1. The molecule has 10 heteroatoms. The second kappa shape index (κ2) is 10.0. The average Bonchev–Trinajstić information content (AvgIpc) is 3.44. The van der Waals surface area contributed by atoms with Crippen LogP contribution in [0.1, 0.15) is 56.5 Å². The molecule has 1 aliphatic heterocycles. The van der Waals surface area contributed by atoms with Crippen molar-refractivity contribution in [2.45, 2.75) is 50.7 Å². The Morgan fingerprint density at radius 3 is 2.71 bits per heavy atom. The number of aliphatic hydroxyl groups is 1. The van der Waals surface area contributed by atoms with E-state index in [1.165, 1.54) is 11.3 Å². The highest BCUT2D eigenvalue weighted by Crippen LogP contribution is 2.26. The first-order valence-corrected chi connectivity index (χ1v) is 12.9. The largest absolute Gasteiger partial charge is 0.395 e. The average molecular weight is 502 g/mol. The van der Waals surface area contributed by atoms with Crippen LogP contribution in [0.2, 0.25) is 5.02 Å². The zero-order chi connectivity index (χ0) is 23.7. The van der Waals surface area contributed by atoms with Crippen LogP contribution in [0.25, 0.3) is 10.9 Å². The van der Waals surface area contributed by atoms with Crippen molar-refractivity contribution in [1.29, 1.82) is 0 Å². The molecule has 0 radical (unpaired) electrons. The molecule has 2 aromatic heterocycles. The van der Waals surface area contributed by atoms with Crippen molar-refractivity contribution in [2.75, 3.05) is 19.7 Å². The van der Waals surface area contributed by atoms with Crippen LogP contribution < -0.4 is 10.6 Å². The van der Waals surface area contributed by atoms with E-state index < -0.39 is 0 Å². The van der Waals surface area contributed by atoms with Gasteiger partial charge in [-0.1, -0.05) is 24.4 Å². The number of aromatic amines is 1. The second-order valence-electron chi connectivity index (χ2n) is 9.00. The molecule has 3 heterocycles. The van der Waals surface area contributed by atoms with Gasteiger partial charge in [0.15, 0.2) is 5.01 Å². The van der Waals surface area contributed by atoms with E-state index in [2.05, 4.69) is 25.5 Å². The number of hydrogen-bond donors (Lipinski definition) is 4. The number of nitrogens with zero attached hydrogens (tertiary/aromatic N) is 2. The zero-order valence-corrected chi connectivity index (χ0v) is 20.3. The highest BCUT2D eigenvalue weighted by Gasteiger charge is 2.30. The molecule has 0 bridgehead atoms. The van der Waals surface area contributed by atoms with E-state index in [0.29, 0.717) is 22.3 Å². The monoisotopic (exact) mass is 501 g/mol. The first-order valence-electron chi connectivity index (χ1n) is 11.7. The Labute approximate surface area is 206 Å². The zero-order valence-electron chi connectivity index (χ0n) is 18.8. The molecule has 1 fully saturated rings. The minimum atomic E-state index is -0.188. The van der Waals surface area contributed by atoms with E-state index in [9.17, 15) is 14.7 Å². The van der Waals surface area contributed by atoms with Crippen LogP contribution in [0.3, 0.4) is 0 Å². The van der Waals surface area contributed by atoms with Crippen LogP contribution in [0.15, 0.2) is 24.3 Å². The maximum atomic E-state index is 13.0. The molecular weight excluding hydrogens is 474 g/mol. The Morgan fingerprint density at radius 1 is 1.18 bits per heavy atom. The summed E-state index contributed by atoms with van der Waals surface area (Å²) in [6, 6.07) is 6.98. The van der Waals surface area contributed by atoms with Gasteiger partial charge in [0.05, 0.1) is 12.3 Å². The summed E-state index contributed by atoms with van der Waals surface area (Å²) >= 11 is 7.49. The van der Waals surface area contributed by atoms with Gasteiger partial charge >= 0.3 is 0 Å². The minimum absolute atomic E-state index is 0.128. The lowest BCUT2D eigenvalue weighted by atomic mass is 9.90. The molecular formula is C24H28ClN5O3S. The van der Waals surface area contributed by atoms with Gasteiger partial charge in [-0.3, -0.25) is 14.5 Å². The Morgan fingerprint density at radius 2 is 1.94 bits per heavy atom. The third-order valence-electron chi connectivity index (χ3n) is 6.65. The third-order valence-corrected chi connectivity index (χ3v) is 7.96. The van der Waals surface area contributed by atoms with Gasteiger partial charge in [0.1, 0.15) is 5.69 Å². The fourth-order valence-corrected chi connectivity index (χ4v) is 6.09. The molecule has 4 N–H and O–H groups in total. The fraction of sp³-hybridized carbons (Fsp3) is 0.458. The Kier molecular flexibility index (Phi) is 6.87. The lowest BCUT2D eigenvalue weighted by Gasteiger charge is -2.32. The Bertz CT molecular complexity index is 1210. The maximum absolute atomic E-state index is 13.0. The number of H-pyrrole nitrogens is 1. The summed E-state index contributed by atoms with van der Waals surface area (Å²) in [5, 5.41) is 17.4. The summed E-state index contributed by atoms with van der Waals surface area (Å²) in [7, 11) is 0. The molecule has 5 rings (SSSR count). The Hall–Kier alpha value is -2.46. The summed E-state index contributed by atoms with van der Waals surface area (Å²) in [6.07, 6.45) is 4.43. The van der Waals surface area contributed by atoms with Crippen molar-refractivity contribution < 1.29 is 14.7 Å². The lowest BCUT2D eigenvalue weighted by Crippen LogP contribution is -2.53. The number of benzene rings is 1. The van der Waals surface area contributed by atoms with Gasteiger partial charge in [-0.2, -0.15) is 0 Å². The molecule has 2 amide bonds. The van der Waals surface area contributed by atoms with Crippen molar-refractivity contribution in [3.8, 4) is 0 Å². The number of nitrogens with one attached hydrogen (secondary N) is 3. The van der Waals surface area contributed by atoms with Crippen LogP contribution in [-0.4, -0.2) is 63.6 Å². The summed E-state index contributed by atoms with van der Waals surface area (Å²) in [4.78, 5) is 37.0. The topological polar surface area (TPSA) is 110 Å². The van der Waals surface area contributed by atoms with Crippen LogP contribution in [0.4, 0.5) is 0 Å². The number of halogens is 1. The lowest BCUT2D eigenvalue weighted by molar-refractivity contribution is 0.0860. The smallest absolute Gasteiger partial charge is 0.280 e. The highest BCUT2D eigenvalue weighted by molar-refractivity contribution is 7.13. The van der Waals surface area contributed by atoms with Gasteiger partial charge in [0.25, 0.3) is 11.8 Å². The summed E-state index contributed by atoms with van der Waals surface area (Å²) in [5.74, 6) is -0.369. The van der Waals surface area contributed by atoms with Gasteiger partial charge < -0.3 is 20.7 Å². The molecule has 0 spiro atoms. The fourth-order valence-electron chi connectivity index (χ4n) is 4.86. The van der Waals surface area contributed by atoms with E-state index in [1.54, 1.807) is 12.1 Å². The standard InChI is InChI=1S/C24H28ClN5O3S/c25-15-5-6-16-14(11-15)12-20(26-16)22(32)27-17-3-1-2-4-18(17)28-23(33)24-29-19-7-8-30(9-10-31)13-21(19)34-24/h5-6,11-12,17-18,26,31H,1-4,7-10,13H2,(H,27,32)(H,28,33). The third kappa shape index (κ3) is 4.98. The van der Waals surface area contributed by atoms with Gasteiger partial charge in [-0.25, -0.2) is 4.98 Å². The van der Waals surface area contributed by atoms with Gasteiger partial charge in [0, 0.05) is 58.9 Å². The molecule has 180 valence electrons. The molecule has 0 saturated heterocycles. The quantitative estimate of drug-likeness (QED) is 0.415. The van der Waals surface area contributed by atoms with Crippen molar-refractivity contribution in [3.63, 3.8) is 0 Å². The van der Waals surface area contributed by atoms with Crippen molar-refractivity contribution in [3.05, 3.63) is 50.6 Å². The molecule has 1 aromatic carbocycles. The number of rotatable bonds is 6. The summed E-state index contributed by atoms with van der Waals surface area (Å²) in [5.41, 5.74) is 2.32. The number of β-amino-alcohol motifs (C(OH)–C–C–N with tert-alkyl or cyclic N) is 1. The van der Waals surface area contributed by atoms with Gasteiger partial charge in [-0.05, 0) is 37.1 Å². The summed E-state index contributed by atoms with van der Waals surface area (Å²) < 4.78 is 0. The predicted octanol–water partition coefficient (Wildman–Crippen LogP) is 3.10. The van der Waals surface area contributed by atoms with Crippen LogP contribution in [0, 0.1) is 0 Å². The number of fused-ring (bicyclic) bond motifs is 2. The van der Waals surface area contributed by atoms with Gasteiger partial charge in [-0.15, -0.1) is 11.3 Å². The maximum Gasteiger partial charge on any atom is 0.280 e. The van der Waals surface area contributed by atoms with Gasteiger partial charge in [0.2, 0.25) is 0 Å². The molecule has 1 saturated carbocycles. The van der Waals surface area contributed by atoms with Crippen molar-refractivity contribution in [1.82, 2.24) is 25.5 Å². The van der Waals surface area contributed by atoms with E-state index in [-0.39, 0.29) is 30.5 Å². The molecule has 34 heavy (non-hydrogen) atoms. The van der Waals surface area contributed by atoms with E-state index >= 15 is 0 Å². The van der Waals surface area contributed by atoms with Crippen LogP contribution in [-0.2, 0) is 13.0 Å². The van der Waals surface area contributed by atoms with E-state index in [0.717, 1.165) is 66.7 Å². The van der Waals surface area contributed by atoms with Crippen LogP contribution >= 0.6 is 22.9 Å². The normalized spacial score (nSPS) is 20.8. The van der Waals surface area contributed by atoms with E-state index in [4.69, 9.17) is 11.6 Å². The van der Waals surface area contributed by atoms with Crippen molar-refractivity contribution in [2.24, 2.45) is 0 Å². The number of amides is 2. The number of aromatic nitrogens is 2. The number of carbonyl (C=O) groups is 2. The molecule has 2 unspecified atom stereocenters. The first kappa shape index (κ1) is 23.3. The molecule has 2 atom stereocenters. The molecule has 2 aliphatic rings. The minimum Gasteiger partial charge on any atom is -0.395 e. The van der Waals surface area contributed by atoms with Crippen molar-refractivity contribution >= 4 is 45.7 Å². The number of carbonyl (C=O) groups excluding carboxylic acids is 2. The predicted molar refractivity (Wildman–Crippen MR) is 132 cm³/mol. The molecule has 1 aliphatic carbocycles.